The van der Waals surface area contributed by atoms with Crippen LogP contribution in [0.3, 0.4) is 0 Å². The van der Waals surface area contributed by atoms with Gasteiger partial charge in [0.05, 0.1) is 12.8 Å². The molecule has 0 atom stereocenters. The number of aromatic hydroxyl groups is 1. The zero-order valence-corrected chi connectivity index (χ0v) is 11.7. The molecule has 2 aromatic carbocycles. The maximum absolute atomic E-state index is 10.4. The van der Waals surface area contributed by atoms with Crippen LogP contribution >= 0.6 is 0 Å². The van der Waals surface area contributed by atoms with E-state index in [0.717, 1.165) is 22.3 Å². The smallest absolute Gasteiger partial charge is 0.167 e. The lowest BCUT2D eigenvalue weighted by Gasteiger charge is -2.11. The van der Waals surface area contributed by atoms with Gasteiger partial charge in [0, 0.05) is 23.7 Å². The molecule has 3 aromatic rings. The van der Waals surface area contributed by atoms with E-state index in [9.17, 15) is 5.11 Å². The second kappa shape index (κ2) is 5.32. The molecule has 0 saturated heterocycles. The number of hydrogen-bond acceptors (Lipinski definition) is 4. The molecule has 21 heavy (non-hydrogen) atoms. The molecule has 1 aromatic heterocycles. The van der Waals surface area contributed by atoms with Crippen molar-refractivity contribution >= 4 is 16.5 Å². The van der Waals surface area contributed by atoms with Gasteiger partial charge in [-0.25, -0.2) is 0 Å². The number of phenols is 1. The van der Waals surface area contributed by atoms with Gasteiger partial charge in [-0.15, -0.1) is 0 Å². The van der Waals surface area contributed by atoms with E-state index in [-0.39, 0.29) is 5.75 Å². The number of fused-ring (bicyclic) bond motifs is 1. The summed E-state index contributed by atoms with van der Waals surface area (Å²) in [6.07, 6.45) is 2.30. The Morgan fingerprint density at radius 1 is 1.14 bits per heavy atom. The van der Waals surface area contributed by atoms with E-state index in [1.54, 1.807) is 12.3 Å². The summed E-state index contributed by atoms with van der Waals surface area (Å²) < 4.78 is 5.18. The molecule has 0 fully saturated rings. The maximum Gasteiger partial charge on any atom is 0.167 e. The monoisotopic (exact) mass is 280 g/mol. The minimum atomic E-state index is 0.118. The normalized spacial score (nSPS) is 10.7. The van der Waals surface area contributed by atoms with Crippen molar-refractivity contribution in [1.82, 2.24) is 4.98 Å². The first-order valence-electron chi connectivity index (χ1n) is 6.67. The Morgan fingerprint density at radius 2 is 1.95 bits per heavy atom. The van der Waals surface area contributed by atoms with E-state index in [1.807, 2.05) is 36.4 Å². The van der Waals surface area contributed by atoms with Crippen LogP contribution in [0.15, 0.2) is 48.7 Å². The number of para-hydroxylation sites is 1. The predicted molar refractivity (Wildman–Crippen MR) is 83.6 cm³/mol. The number of ether oxygens (including phenoxy) is 1. The molecule has 0 saturated carbocycles. The maximum atomic E-state index is 10.4. The van der Waals surface area contributed by atoms with Crippen LogP contribution in [0.4, 0.5) is 5.69 Å². The molecule has 3 rings (SSSR count). The topological polar surface area (TPSA) is 68.4 Å². The Bertz CT molecular complexity index is 800. The van der Waals surface area contributed by atoms with Crippen LogP contribution in [0, 0.1) is 0 Å². The molecule has 0 amide bonds. The molecular formula is C17H16N2O2. The number of nitrogens with two attached hydrogens (primary N) is 1. The number of aromatic nitrogens is 1. The van der Waals surface area contributed by atoms with Crippen LogP contribution < -0.4 is 10.5 Å². The number of methoxy groups -OCH3 is 1. The average Bonchev–Trinajstić information content (AvgIpc) is 2.50. The number of anilines is 1. The van der Waals surface area contributed by atoms with Gasteiger partial charge in [0.2, 0.25) is 0 Å². The van der Waals surface area contributed by atoms with Gasteiger partial charge in [-0.1, -0.05) is 24.3 Å². The van der Waals surface area contributed by atoms with Gasteiger partial charge in [-0.2, -0.15) is 0 Å². The molecular weight excluding hydrogens is 264 g/mol. The number of benzene rings is 2. The van der Waals surface area contributed by atoms with E-state index in [4.69, 9.17) is 10.5 Å². The van der Waals surface area contributed by atoms with Crippen LogP contribution in [-0.2, 0) is 6.42 Å². The SMILES string of the molecule is COc1ccc2ccnc(Cc3ccccc3N)c2c1O. The van der Waals surface area contributed by atoms with Crippen molar-refractivity contribution in [3.05, 3.63) is 59.9 Å². The molecule has 0 bridgehead atoms. The lowest BCUT2D eigenvalue weighted by molar-refractivity contribution is 0.376. The van der Waals surface area contributed by atoms with Gasteiger partial charge in [0.15, 0.2) is 11.5 Å². The van der Waals surface area contributed by atoms with Crippen molar-refractivity contribution < 1.29 is 9.84 Å². The van der Waals surface area contributed by atoms with Crippen molar-refractivity contribution in [2.45, 2.75) is 6.42 Å². The van der Waals surface area contributed by atoms with Gasteiger partial charge in [0.25, 0.3) is 0 Å². The zero-order valence-electron chi connectivity index (χ0n) is 11.7. The summed E-state index contributed by atoms with van der Waals surface area (Å²) in [5.74, 6) is 0.561. The summed E-state index contributed by atoms with van der Waals surface area (Å²) in [6.45, 7) is 0. The van der Waals surface area contributed by atoms with Gasteiger partial charge in [-0.05, 0) is 29.1 Å². The number of hydrogen-bond donors (Lipinski definition) is 2. The second-order valence-electron chi connectivity index (χ2n) is 4.85. The molecule has 0 spiro atoms. The number of pyridine rings is 1. The molecule has 0 aliphatic carbocycles. The van der Waals surface area contributed by atoms with Crippen molar-refractivity contribution in [3.63, 3.8) is 0 Å². The molecule has 1 heterocycles. The van der Waals surface area contributed by atoms with E-state index < -0.39 is 0 Å². The van der Waals surface area contributed by atoms with Crippen molar-refractivity contribution in [3.8, 4) is 11.5 Å². The fraction of sp³-hybridized carbons (Fsp3) is 0.118. The number of nitrogen functional groups attached to an aromatic ring is 1. The first-order valence-corrected chi connectivity index (χ1v) is 6.67. The highest BCUT2D eigenvalue weighted by Gasteiger charge is 2.13. The Kier molecular flexibility index (Phi) is 3.36. The average molecular weight is 280 g/mol. The van der Waals surface area contributed by atoms with Gasteiger partial charge < -0.3 is 15.6 Å². The Labute approximate surface area is 122 Å². The Morgan fingerprint density at radius 3 is 2.71 bits per heavy atom. The van der Waals surface area contributed by atoms with Crippen LogP contribution in [-0.4, -0.2) is 17.2 Å². The van der Waals surface area contributed by atoms with E-state index in [0.29, 0.717) is 17.6 Å². The first kappa shape index (κ1) is 13.2. The van der Waals surface area contributed by atoms with Crippen molar-refractivity contribution in [2.75, 3.05) is 12.8 Å². The number of phenolic OH excluding ortho intramolecular Hbond substituents is 1. The summed E-state index contributed by atoms with van der Waals surface area (Å²) in [5, 5.41) is 12.0. The molecule has 3 N–H and O–H groups in total. The highest BCUT2D eigenvalue weighted by Crippen LogP contribution is 2.36. The third kappa shape index (κ3) is 2.36. The van der Waals surface area contributed by atoms with Crippen LogP contribution in [0.25, 0.3) is 10.8 Å². The summed E-state index contributed by atoms with van der Waals surface area (Å²) in [6, 6.07) is 13.2. The predicted octanol–water partition coefficient (Wildman–Crippen LogP) is 3.12. The highest BCUT2D eigenvalue weighted by atomic mass is 16.5. The molecule has 106 valence electrons. The fourth-order valence-electron chi connectivity index (χ4n) is 2.48. The van der Waals surface area contributed by atoms with Gasteiger partial charge in [0.1, 0.15) is 0 Å². The molecule has 0 unspecified atom stereocenters. The van der Waals surface area contributed by atoms with Crippen LogP contribution in [0.2, 0.25) is 0 Å². The molecule has 0 radical (unpaired) electrons. The third-order valence-corrected chi connectivity index (χ3v) is 3.58. The van der Waals surface area contributed by atoms with Crippen LogP contribution in [0.5, 0.6) is 11.5 Å². The first-order chi connectivity index (χ1) is 10.2. The summed E-state index contributed by atoms with van der Waals surface area (Å²) >= 11 is 0. The van der Waals surface area contributed by atoms with E-state index in [2.05, 4.69) is 4.98 Å². The van der Waals surface area contributed by atoms with Gasteiger partial charge in [-0.3, -0.25) is 4.98 Å². The van der Waals surface area contributed by atoms with Crippen molar-refractivity contribution in [2.24, 2.45) is 0 Å². The lowest BCUT2D eigenvalue weighted by atomic mass is 10.0. The molecule has 4 heteroatoms. The summed E-state index contributed by atoms with van der Waals surface area (Å²) in [7, 11) is 1.53. The Hall–Kier alpha value is -2.75. The number of nitrogens with zero attached hydrogens (tertiary/aromatic N) is 1. The lowest BCUT2D eigenvalue weighted by Crippen LogP contribution is -1.98. The highest BCUT2D eigenvalue weighted by molar-refractivity contribution is 5.92. The van der Waals surface area contributed by atoms with Gasteiger partial charge >= 0.3 is 0 Å². The fourth-order valence-corrected chi connectivity index (χ4v) is 2.48. The second-order valence-corrected chi connectivity index (χ2v) is 4.85. The minimum Gasteiger partial charge on any atom is -0.504 e. The Balaban J connectivity index is 2.16. The quantitative estimate of drug-likeness (QED) is 0.723. The van der Waals surface area contributed by atoms with E-state index >= 15 is 0 Å². The van der Waals surface area contributed by atoms with Crippen LogP contribution in [0.1, 0.15) is 11.3 Å². The molecule has 0 aliphatic rings. The standard InChI is InChI=1S/C17H16N2O2/c1-21-15-7-6-11-8-9-19-14(16(11)17(15)20)10-12-4-2-3-5-13(12)18/h2-9,20H,10,18H2,1H3. The molecule has 4 nitrogen and oxygen atoms in total. The summed E-state index contributed by atoms with van der Waals surface area (Å²) in [4.78, 5) is 4.41. The summed E-state index contributed by atoms with van der Waals surface area (Å²) in [5.41, 5.74) is 8.48. The largest absolute Gasteiger partial charge is 0.504 e. The van der Waals surface area contributed by atoms with Crippen molar-refractivity contribution in [1.29, 1.82) is 0 Å². The minimum absolute atomic E-state index is 0.118. The zero-order chi connectivity index (χ0) is 14.8. The molecule has 0 aliphatic heterocycles. The number of rotatable bonds is 3. The third-order valence-electron chi connectivity index (χ3n) is 3.58. The van der Waals surface area contributed by atoms with E-state index in [1.165, 1.54) is 7.11 Å².